The number of nitrogens with two attached hydrogens (primary N) is 1. The van der Waals surface area contributed by atoms with Crippen molar-refractivity contribution in [3.63, 3.8) is 0 Å². The molecule has 1 atom stereocenters. The van der Waals surface area contributed by atoms with Crippen molar-refractivity contribution in [1.82, 2.24) is 9.80 Å². The Hall–Kier alpha value is -0.230. The highest BCUT2D eigenvalue weighted by molar-refractivity contribution is 7.80. The van der Waals surface area contributed by atoms with Gasteiger partial charge in [-0.1, -0.05) is 12.2 Å². The maximum atomic E-state index is 5.65. The van der Waals surface area contributed by atoms with Crippen LogP contribution in [0.3, 0.4) is 0 Å². The molecule has 2 aliphatic rings. The summed E-state index contributed by atoms with van der Waals surface area (Å²) in [5.74, 6) is 0. The second-order valence-corrected chi connectivity index (χ2v) is 5.20. The van der Waals surface area contributed by atoms with E-state index in [4.69, 9.17) is 22.7 Å². The predicted octanol–water partition coefficient (Wildman–Crippen LogP) is 0.0691. The lowest BCUT2D eigenvalue weighted by molar-refractivity contribution is 0.0533. The number of nitrogens with zero attached hydrogens (tertiary/aromatic N) is 2. The molecule has 0 aromatic rings. The Bertz CT molecular complexity index is 235. The van der Waals surface area contributed by atoms with Gasteiger partial charge in [0.15, 0.2) is 0 Å². The molecule has 0 bridgehead atoms. The van der Waals surface area contributed by atoms with Crippen molar-refractivity contribution in [1.29, 1.82) is 0 Å². The molecule has 0 spiro atoms. The molecule has 0 aromatic carbocycles. The Morgan fingerprint density at radius 1 is 1.25 bits per heavy atom. The van der Waals surface area contributed by atoms with E-state index in [0.717, 1.165) is 45.9 Å². The van der Waals surface area contributed by atoms with Gasteiger partial charge in [0, 0.05) is 45.9 Å². The van der Waals surface area contributed by atoms with Gasteiger partial charge in [-0.3, -0.25) is 9.80 Å². The van der Waals surface area contributed by atoms with Crippen LogP contribution in [0.5, 0.6) is 0 Å². The van der Waals surface area contributed by atoms with Crippen molar-refractivity contribution >= 4 is 17.2 Å². The fourth-order valence-electron chi connectivity index (χ4n) is 2.43. The van der Waals surface area contributed by atoms with E-state index in [-0.39, 0.29) is 0 Å². The van der Waals surface area contributed by atoms with Gasteiger partial charge in [0.1, 0.15) is 0 Å². The summed E-state index contributed by atoms with van der Waals surface area (Å²) in [7, 11) is 0. The van der Waals surface area contributed by atoms with E-state index in [9.17, 15) is 0 Å². The Balaban J connectivity index is 1.66. The number of piperazine rings is 1. The Morgan fingerprint density at radius 2 is 1.94 bits per heavy atom. The summed E-state index contributed by atoms with van der Waals surface area (Å²) < 4.78 is 5.65. The second kappa shape index (κ2) is 5.91. The molecule has 2 N–H and O–H groups in total. The maximum absolute atomic E-state index is 5.65. The van der Waals surface area contributed by atoms with Gasteiger partial charge >= 0.3 is 0 Å². The van der Waals surface area contributed by atoms with Gasteiger partial charge in [-0.2, -0.15) is 0 Å². The van der Waals surface area contributed by atoms with E-state index in [0.29, 0.717) is 11.1 Å². The van der Waals surface area contributed by atoms with Crippen LogP contribution in [0.25, 0.3) is 0 Å². The van der Waals surface area contributed by atoms with E-state index < -0.39 is 0 Å². The van der Waals surface area contributed by atoms with E-state index in [2.05, 4.69) is 9.80 Å². The fraction of sp³-hybridized carbons (Fsp3) is 0.909. The molecule has 0 radical (unpaired) electrons. The summed E-state index contributed by atoms with van der Waals surface area (Å²) in [6.45, 7) is 7.19. The van der Waals surface area contributed by atoms with Crippen LogP contribution in [0, 0.1) is 0 Å². The summed E-state index contributed by atoms with van der Waals surface area (Å²) in [5, 5.41) is 0. The van der Waals surface area contributed by atoms with Gasteiger partial charge in [0.25, 0.3) is 0 Å². The van der Waals surface area contributed by atoms with Gasteiger partial charge in [-0.15, -0.1) is 0 Å². The molecule has 2 aliphatic heterocycles. The first-order valence-corrected chi connectivity index (χ1v) is 6.49. The van der Waals surface area contributed by atoms with Gasteiger partial charge in [-0.05, 0) is 12.8 Å². The van der Waals surface area contributed by atoms with E-state index in [1.165, 1.54) is 12.8 Å². The molecule has 0 aromatic heterocycles. The van der Waals surface area contributed by atoms with Crippen molar-refractivity contribution < 1.29 is 4.74 Å². The molecule has 2 rings (SSSR count). The van der Waals surface area contributed by atoms with Crippen molar-refractivity contribution in [2.24, 2.45) is 5.73 Å². The van der Waals surface area contributed by atoms with Crippen molar-refractivity contribution in [2.75, 3.05) is 45.9 Å². The second-order valence-electron chi connectivity index (χ2n) is 4.68. The van der Waals surface area contributed by atoms with Crippen molar-refractivity contribution in [3.05, 3.63) is 0 Å². The van der Waals surface area contributed by atoms with Crippen molar-refractivity contribution in [3.8, 4) is 0 Å². The SMILES string of the molecule is NC(=S)CN1CCN(CC2CCCO2)CC1. The molecule has 2 fully saturated rings. The van der Waals surface area contributed by atoms with E-state index in [1.807, 2.05) is 0 Å². The molecule has 5 heteroatoms. The fourth-order valence-corrected chi connectivity index (χ4v) is 2.61. The Morgan fingerprint density at radius 3 is 2.50 bits per heavy atom. The minimum Gasteiger partial charge on any atom is -0.392 e. The summed E-state index contributed by atoms with van der Waals surface area (Å²) >= 11 is 4.92. The van der Waals surface area contributed by atoms with Gasteiger partial charge in [-0.25, -0.2) is 0 Å². The average molecular weight is 243 g/mol. The molecule has 16 heavy (non-hydrogen) atoms. The molecule has 92 valence electrons. The zero-order valence-electron chi connectivity index (χ0n) is 9.73. The molecule has 0 saturated carbocycles. The highest BCUT2D eigenvalue weighted by Gasteiger charge is 2.22. The minimum atomic E-state index is 0.474. The highest BCUT2D eigenvalue weighted by atomic mass is 32.1. The number of rotatable bonds is 4. The third-order valence-corrected chi connectivity index (χ3v) is 3.46. The van der Waals surface area contributed by atoms with Gasteiger partial charge < -0.3 is 10.5 Å². The number of hydrogen-bond donors (Lipinski definition) is 1. The lowest BCUT2D eigenvalue weighted by atomic mass is 10.2. The van der Waals surface area contributed by atoms with Crippen LogP contribution in [0.1, 0.15) is 12.8 Å². The normalized spacial score (nSPS) is 28.4. The quantitative estimate of drug-likeness (QED) is 0.708. The van der Waals surface area contributed by atoms with Crippen LogP contribution in [0.2, 0.25) is 0 Å². The van der Waals surface area contributed by atoms with Crippen LogP contribution in [-0.2, 0) is 4.74 Å². The lowest BCUT2D eigenvalue weighted by Gasteiger charge is -2.35. The molecule has 1 unspecified atom stereocenters. The summed E-state index contributed by atoms with van der Waals surface area (Å²) in [6.07, 6.45) is 2.93. The first kappa shape index (κ1) is 12.2. The van der Waals surface area contributed by atoms with Crippen LogP contribution in [0.15, 0.2) is 0 Å². The van der Waals surface area contributed by atoms with E-state index in [1.54, 1.807) is 0 Å². The third kappa shape index (κ3) is 3.66. The molecule has 0 amide bonds. The maximum Gasteiger partial charge on any atom is 0.0870 e. The monoisotopic (exact) mass is 243 g/mol. The van der Waals surface area contributed by atoms with Crippen LogP contribution in [-0.4, -0.2) is 66.8 Å². The van der Waals surface area contributed by atoms with Crippen LogP contribution >= 0.6 is 12.2 Å². The molecule has 0 aliphatic carbocycles. The predicted molar refractivity (Wildman–Crippen MR) is 68.6 cm³/mol. The first-order chi connectivity index (χ1) is 7.74. The standard InChI is InChI=1S/C11H21N3OS/c12-11(16)9-14-5-3-13(4-6-14)8-10-2-1-7-15-10/h10H,1-9H2,(H2,12,16). The number of hydrogen-bond acceptors (Lipinski definition) is 4. The summed E-state index contributed by atoms with van der Waals surface area (Å²) in [4.78, 5) is 5.42. The third-order valence-electron chi connectivity index (χ3n) is 3.33. The zero-order chi connectivity index (χ0) is 11.4. The molecule has 4 nitrogen and oxygen atoms in total. The lowest BCUT2D eigenvalue weighted by Crippen LogP contribution is -2.50. The smallest absolute Gasteiger partial charge is 0.0870 e. The molecular weight excluding hydrogens is 222 g/mol. The Kier molecular flexibility index (Phi) is 4.52. The van der Waals surface area contributed by atoms with Crippen LogP contribution in [0.4, 0.5) is 0 Å². The molecule has 2 heterocycles. The van der Waals surface area contributed by atoms with Crippen molar-refractivity contribution in [2.45, 2.75) is 18.9 Å². The highest BCUT2D eigenvalue weighted by Crippen LogP contribution is 2.14. The van der Waals surface area contributed by atoms with Crippen LogP contribution < -0.4 is 5.73 Å². The number of ether oxygens (including phenoxy) is 1. The zero-order valence-corrected chi connectivity index (χ0v) is 10.5. The number of thiocarbonyl (C=S) groups is 1. The molecular formula is C11H21N3OS. The first-order valence-electron chi connectivity index (χ1n) is 6.08. The summed E-state index contributed by atoms with van der Waals surface area (Å²) in [6, 6.07) is 0. The minimum absolute atomic E-state index is 0.474. The summed E-state index contributed by atoms with van der Waals surface area (Å²) in [5.41, 5.74) is 5.55. The largest absolute Gasteiger partial charge is 0.392 e. The topological polar surface area (TPSA) is 41.7 Å². The molecule has 2 saturated heterocycles. The Labute approximate surface area is 103 Å². The van der Waals surface area contributed by atoms with Gasteiger partial charge in [0.05, 0.1) is 11.1 Å². The average Bonchev–Trinajstić information content (AvgIpc) is 2.73. The van der Waals surface area contributed by atoms with Gasteiger partial charge in [0.2, 0.25) is 0 Å². The van der Waals surface area contributed by atoms with E-state index >= 15 is 0 Å².